The standard InChI is InChI=1S/C20H25N5O4S2/c1-14-3-2-9-24(12-14)31(28,29)17-6-4-15(5-7-17)22-18(26)11-16-13-30-20(23-16)25-10-8-21-19(25)27/h4-7,13-14H,2-3,8-12H2,1H3,(H,21,27)(H,22,26). The summed E-state index contributed by atoms with van der Waals surface area (Å²) < 4.78 is 27.2. The molecule has 3 heterocycles. The molecule has 2 saturated heterocycles. The number of rotatable bonds is 6. The summed E-state index contributed by atoms with van der Waals surface area (Å²) in [6, 6.07) is 6.06. The molecule has 0 spiro atoms. The number of hydrogen-bond donors (Lipinski definition) is 2. The number of nitrogens with zero attached hydrogens (tertiary/aromatic N) is 3. The van der Waals surface area contributed by atoms with Gasteiger partial charge in [-0.25, -0.2) is 18.2 Å². The van der Waals surface area contributed by atoms with E-state index in [4.69, 9.17) is 0 Å². The Morgan fingerprint density at radius 1 is 1.29 bits per heavy atom. The van der Waals surface area contributed by atoms with E-state index in [0.717, 1.165) is 12.8 Å². The van der Waals surface area contributed by atoms with Crippen molar-refractivity contribution in [1.82, 2.24) is 14.6 Å². The fourth-order valence-electron chi connectivity index (χ4n) is 3.75. The number of urea groups is 1. The van der Waals surface area contributed by atoms with Crippen LogP contribution in [-0.2, 0) is 21.2 Å². The van der Waals surface area contributed by atoms with Crippen LogP contribution >= 0.6 is 11.3 Å². The van der Waals surface area contributed by atoms with Gasteiger partial charge < -0.3 is 10.6 Å². The van der Waals surface area contributed by atoms with Gasteiger partial charge in [-0.3, -0.25) is 9.69 Å². The second-order valence-electron chi connectivity index (χ2n) is 7.86. The van der Waals surface area contributed by atoms with Gasteiger partial charge in [-0.05, 0) is 43.0 Å². The maximum Gasteiger partial charge on any atom is 0.323 e. The number of piperidine rings is 1. The van der Waals surface area contributed by atoms with Crippen molar-refractivity contribution in [2.24, 2.45) is 5.92 Å². The maximum atomic E-state index is 12.8. The van der Waals surface area contributed by atoms with Crippen molar-refractivity contribution in [3.05, 3.63) is 35.3 Å². The topological polar surface area (TPSA) is 112 Å². The molecule has 3 amide bonds. The smallest absolute Gasteiger partial charge is 0.323 e. The third-order valence-corrected chi connectivity index (χ3v) is 8.16. The summed E-state index contributed by atoms with van der Waals surface area (Å²) in [5, 5.41) is 7.81. The van der Waals surface area contributed by atoms with Crippen molar-refractivity contribution in [1.29, 1.82) is 0 Å². The number of carbonyl (C=O) groups is 2. The highest BCUT2D eigenvalue weighted by molar-refractivity contribution is 7.89. The van der Waals surface area contributed by atoms with Crippen molar-refractivity contribution in [2.75, 3.05) is 36.4 Å². The van der Waals surface area contributed by atoms with E-state index in [2.05, 4.69) is 22.5 Å². The normalized spacial score (nSPS) is 20.0. The highest BCUT2D eigenvalue weighted by Crippen LogP contribution is 2.25. The van der Waals surface area contributed by atoms with Crippen LogP contribution < -0.4 is 15.5 Å². The fourth-order valence-corrected chi connectivity index (χ4v) is 6.20. The Labute approximate surface area is 185 Å². The van der Waals surface area contributed by atoms with Crippen molar-refractivity contribution < 1.29 is 18.0 Å². The molecule has 9 nitrogen and oxygen atoms in total. The van der Waals surface area contributed by atoms with Crippen LogP contribution in [0, 0.1) is 5.92 Å². The minimum absolute atomic E-state index is 0.0671. The van der Waals surface area contributed by atoms with Gasteiger partial charge in [0.15, 0.2) is 5.13 Å². The maximum absolute atomic E-state index is 12.8. The SMILES string of the molecule is CC1CCCN(S(=O)(=O)c2ccc(NC(=O)Cc3csc(N4CCNC4=O)n3)cc2)C1. The molecule has 1 atom stereocenters. The van der Waals surface area contributed by atoms with Gasteiger partial charge in [0.1, 0.15) is 0 Å². The van der Waals surface area contributed by atoms with E-state index in [-0.39, 0.29) is 23.3 Å². The van der Waals surface area contributed by atoms with Gasteiger partial charge in [-0.2, -0.15) is 4.31 Å². The molecule has 0 bridgehead atoms. The van der Waals surface area contributed by atoms with Crippen LogP contribution in [0.25, 0.3) is 0 Å². The highest BCUT2D eigenvalue weighted by Gasteiger charge is 2.28. The monoisotopic (exact) mass is 463 g/mol. The van der Waals surface area contributed by atoms with E-state index in [1.165, 1.54) is 27.8 Å². The lowest BCUT2D eigenvalue weighted by molar-refractivity contribution is -0.115. The van der Waals surface area contributed by atoms with Gasteiger partial charge in [0.25, 0.3) is 0 Å². The Hall–Kier alpha value is -2.50. The predicted octanol–water partition coefficient (Wildman–Crippen LogP) is 2.27. The quantitative estimate of drug-likeness (QED) is 0.683. The number of hydrogen-bond acceptors (Lipinski definition) is 6. The van der Waals surface area contributed by atoms with Crippen LogP contribution in [0.15, 0.2) is 34.5 Å². The first-order valence-corrected chi connectivity index (χ1v) is 12.5. The van der Waals surface area contributed by atoms with Gasteiger partial charge in [0, 0.05) is 37.2 Å². The summed E-state index contributed by atoms with van der Waals surface area (Å²) >= 11 is 1.32. The van der Waals surface area contributed by atoms with E-state index in [1.54, 1.807) is 22.4 Å². The summed E-state index contributed by atoms with van der Waals surface area (Å²) in [6.07, 6.45) is 1.98. The Morgan fingerprint density at radius 2 is 2.06 bits per heavy atom. The summed E-state index contributed by atoms with van der Waals surface area (Å²) in [7, 11) is -3.52. The van der Waals surface area contributed by atoms with Gasteiger partial charge >= 0.3 is 6.03 Å². The van der Waals surface area contributed by atoms with E-state index >= 15 is 0 Å². The fraction of sp³-hybridized carbons (Fsp3) is 0.450. The van der Waals surface area contributed by atoms with Crippen LogP contribution in [0.4, 0.5) is 15.6 Å². The molecular weight excluding hydrogens is 438 g/mol. The first kappa shape index (κ1) is 21.7. The molecule has 0 aliphatic carbocycles. The molecule has 2 aliphatic heterocycles. The third kappa shape index (κ3) is 4.89. The number of thiazole rings is 1. The zero-order chi connectivity index (χ0) is 22.0. The molecule has 0 radical (unpaired) electrons. The first-order chi connectivity index (χ1) is 14.8. The first-order valence-electron chi connectivity index (χ1n) is 10.2. The number of amides is 3. The van der Waals surface area contributed by atoms with Crippen LogP contribution in [0.3, 0.4) is 0 Å². The van der Waals surface area contributed by atoms with Gasteiger partial charge in [-0.15, -0.1) is 11.3 Å². The number of sulfonamides is 1. The lowest BCUT2D eigenvalue weighted by Crippen LogP contribution is -2.39. The van der Waals surface area contributed by atoms with E-state index in [9.17, 15) is 18.0 Å². The van der Waals surface area contributed by atoms with Gasteiger partial charge in [-0.1, -0.05) is 6.92 Å². The summed E-state index contributed by atoms with van der Waals surface area (Å²) in [6.45, 7) is 4.28. The third-order valence-electron chi connectivity index (χ3n) is 5.36. The van der Waals surface area contributed by atoms with Gasteiger partial charge in [0.2, 0.25) is 15.9 Å². The van der Waals surface area contributed by atoms with Crippen LogP contribution in [0.2, 0.25) is 0 Å². The number of aromatic nitrogens is 1. The van der Waals surface area contributed by atoms with Crippen molar-refractivity contribution >= 4 is 44.1 Å². The molecule has 0 saturated carbocycles. The predicted molar refractivity (Wildman–Crippen MR) is 119 cm³/mol. The zero-order valence-electron chi connectivity index (χ0n) is 17.2. The van der Waals surface area contributed by atoms with Crippen LogP contribution in [0.5, 0.6) is 0 Å². The van der Waals surface area contributed by atoms with E-state index in [0.29, 0.717) is 48.6 Å². The lowest BCUT2D eigenvalue weighted by Gasteiger charge is -2.30. The number of benzene rings is 1. The number of anilines is 2. The molecule has 1 unspecified atom stereocenters. The number of nitrogens with one attached hydrogen (secondary N) is 2. The average molecular weight is 464 g/mol. The zero-order valence-corrected chi connectivity index (χ0v) is 18.8. The van der Waals surface area contributed by atoms with E-state index in [1.807, 2.05) is 0 Å². The van der Waals surface area contributed by atoms with Crippen LogP contribution in [-0.4, -0.2) is 55.8 Å². The molecule has 2 N–H and O–H groups in total. The minimum atomic E-state index is -3.52. The van der Waals surface area contributed by atoms with Crippen molar-refractivity contribution in [2.45, 2.75) is 31.1 Å². The Morgan fingerprint density at radius 3 is 2.74 bits per heavy atom. The largest absolute Gasteiger partial charge is 0.336 e. The average Bonchev–Trinajstić information content (AvgIpc) is 3.37. The molecule has 4 rings (SSSR count). The Bertz CT molecular complexity index is 1070. The van der Waals surface area contributed by atoms with Crippen molar-refractivity contribution in [3.63, 3.8) is 0 Å². The second-order valence-corrected chi connectivity index (χ2v) is 10.6. The molecule has 2 aromatic rings. The minimum Gasteiger partial charge on any atom is -0.336 e. The molecule has 2 aliphatic rings. The second kappa shape index (κ2) is 8.93. The Kier molecular flexibility index (Phi) is 6.26. The Balaban J connectivity index is 1.36. The molecule has 2 fully saturated rings. The van der Waals surface area contributed by atoms with E-state index < -0.39 is 10.0 Å². The highest BCUT2D eigenvalue weighted by atomic mass is 32.2. The molecular formula is C20H25N5O4S2. The molecule has 1 aromatic carbocycles. The molecule has 31 heavy (non-hydrogen) atoms. The van der Waals surface area contributed by atoms with Crippen molar-refractivity contribution in [3.8, 4) is 0 Å². The number of carbonyl (C=O) groups excluding carboxylic acids is 2. The lowest BCUT2D eigenvalue weighted by atomic mass is 10.0. The summed E-state index contributed by atoms with van der Waals surface area (Å²) in [4.78, 5) is 30.2. The molecule has 11 heteroatoms. The van der Waals surface area contributed by atoms with Gasteiger partial charge in [0.05, 0.1) is 17.0 Å². The molecule has 166 valence electrons. The summed E-state index contributed by atoms with van der Waals surface area (Å²) in [5.41, 5.74) is 1.10. The molecule has 1 aromatic heterocycles. The summed E-state index contributed by atoms with van der Waals surface area (Å²) in [5.74, 6) is 0.0938. The van der Waals surface area contributed by atoms with Crippen LogP contribution in [0.1, 0.15) is 25.5 Å².